The Bertz CT molecular complexity index is 808. The third kappa shape index (κ3) is 4.17. The number of piperidine rings is 1. The monoisotopic (exact) mass is 353 g/mol. The molecule has 1 aromatic heterocycles. The Hall–Kier alpha value is -2.96. The van der Waals surface area contributed by atoms with Gasteiger partial charge in [-0.15, -0.1) is 0 Å². The lowest BCUT2D eigenvalue weighted by Gasteiger charge is -2.30. The van der Waals surface area contributed by atoms with Crippen LogP contribution in [0.4, 0.5) is 11.6 Å². The van der Waals surface area contributed by atoms with E-state index in [1.807, 2.05) is 32.0 Å². The molecule has 3 N–H and O–H groups in total. The number of amides is 2. The minimum atomic E-state index is -0.281. The third-order valence-electron chi connectivity index (χ3n) is 4.53. The minimum Gasteiger partial charge on any atom is -0.369 e. The fourth-order valence-corrected chi connectivity index (χ4v) is 3.19. The van der Waals surface area contributed by atoms with Gasteiger partial charge in [-0.25, -0.2) is 9.97 Å². The van der Waals surface area contributed by atoms with E-state index in [1.165, 1.54) is 0 Å². The Morgan fingerprint density at radius 3 is 2.38 bits per heavy atom. The van der Waals surface area contributed by atoms with Gasteiger partial charge in [-0.1, -0.05) is 6.07 Å². The molecule has 0 unspecified atom stereocenters. The van der Waals surface area contributed by atoms with E-state index in [1.54, 1.807) is 17.0 Å². The Kier molecular flexibility index (Phi) is 5.16. The second-order valence-corrected chi connectivity index (χ2v) is 6.65. The topological polar surface area (TPSA) is 101 Å². The molecule has 0 saturated carbocycles. The number of benzene rings is 1. The van der Waals surface area contributed by atoms with Crippen molar-refractivity contribution in [3.05, 3.63) is 47.3 Å². The van der Waals surface area contributed by atoms with E-state index in [4.69, 9.17) is 5.73 Å². The van der Waals surface area contributed by atoms with E-state index >= 15 is 0 Å². The van der Waals surface area contributed by atoms with Crippen LogP contribution in [0, 0.1) is 19.8 Å². The number of anilines is 2. The predicted octanol–water partition coefficient (Wildman–Crippen LogP) is 2.17. The zero-order chi connectivity index (χ0) is 18.7. The van der Waals surface area contributed by atoms with E-state index in [9.17, 15) is 9.59 Å². The number of nitrogens with two attached hydrogens (primary N) is 1. The van der Waals surface area contributed by atoms with Crippen molar-refractivity contribution in [2.75, 3.05) is 18.4 Å². The van der Waals surface area contributed by atoms with Crippen molar-refractivity contribution in [2.45, 2.75) is 26.7 Å². The van der Waals surface area contributed by atoms with Gasteiger partial charge in [0.15, 0.2) is 0 Å². The van der Waals surface area contributed by atoms with E-state index in [0.29, 0.717) is 37.4 Å². The molecule has 7 nitrogen and oxygen atoms in total. The van der Waals surface area contributed by atoms with Gasteiger partial charge in [0.1, 0.15) is 0 Å². The summed E-state index contributed by atoms with van der Waals surface area (Å²) in [5.41, 5.74) is 8.46. The van der Waals surface area contributed by atoms with Crippen LogP contribution in [0.3, 0.4) is 0 Å². The molecule has 0 bridgehead atoms. The molecule has 2 heterocycles. The second kappa shape index (κ2) is 7.51. The van der Waals surface area contributed by atoms with Crippen LogP contribution in [0.25, 0.3) is 0 Å². The van der Waals surface area contributed by atoms with Gasteiger partial charge in [-0.3, -0.25) is 9.59 Å². The summed E-state index contributed by atoms with van der Waals surface area (Å²) in [6.07, 6.45) is 1.24. The quantitative estimate of drug-likeness (QED) is 0.877. The zero-order valence-corrected chi connectivity index (χ0v) is 15.0. The van der Waals surface area contributed by atoms with Crippen LogP contribution >= 0.6 is 0 Å². The van der Waals surface area contributed by atoms with Crippen molar-refractivity contribution in [1.82, 2.24) is 14.9 Å². The molecule has 136 valence electrons. The minimum absolute atomic E-state index is 0.0436. The van der Waals surface area contributed by atoms with Crippen molar-refractivity contribution in [3.63, 3.8) is 0 Å². The van der Waals surface area contributed by atoms with Gasteiger partial charge in [-0.05, 0) is 51.0 Å². The number of primary amides is 1. The molecule has 0 radical (unpaired) electrons. The first kappa shape index (κ1) is 17.8. The predicted molar refractivity (Wildman–Crippen MR) is 99.1 cm³/mol. The van der Waals surface area contributed by atoms with Crippen molar-refractivity contribution >= 4 is 23.5 Å². The summed E-state index contributed by atoms with van der Waals surface area (Å²) in [5.74, 6) is 0.0535. The van der Waals surface area contributed by atoms with Crippen molar-refractivity contribution in [2.24, 2.45) is 11.7 Å². The third-order valence-corrected chi connectivity index (χ3v) is 4.53. The van der Waals surface area contributed by atoms with Crippen LogP contribution in [-0.4, -0.2) is 39.8 Å². The summed E-state index contributed by atoms with van der Waals surface area (Å²) in [5, 5.41) is 3.15. The van der Waals surface area contributed by atoms with Crippen LogP contribution in [0.2, 0.25) is 0 Å². The highest BCUT2D eigenvalue weighted by Crippen LogP contribution is 2.21. The van der Waals surface area contributed by atoms with Crippen molar-refractivity contribution < 1.29 is 9.59 Å². The maximum absolute atomic E-state index is 12.7. The fourth-order valence-electron chi connectivity index (χ4n) is 3.19. The number of nitrogens with one attached hydrogen (secondary N) is 1. The molecule has 26 heavy (non-hydrogen) atoms. The van der Waals surface area contributed by atoms with E-state index < -0.39 is 0 Å². The maximum Gasteiger partial charge on any atom is 0.253 e. The first-order chi connectivity index (χ1) is 12.4. The Morgan fingerprint density at radius 1 is 1.12 bits per heavy atom. The molecule has 1 aliphatic rings. The summed E-state index contributed by atoms with van der Waals surface area (Å²) in [6.45, 7) is 4.92. The molecule has 0 spiro atoms. The van der Waals surface area contributed by atoms with Crippen LogP contribution in [0.5, 0.6) is 0 Å². The summed E-state index contributed by atoms with van der Waals surface area (Å²) in [6, 6.07) is 9.19. The first-order valence-electron chi connectivity index (χ1n) is 8.70. The molecule has 2 amide bonds. The normalized spacial score (nSPS) is 14.9. The lowest BCUT2D eigenvalue weighted by Crippen LogP contribution is -2.41. The maximum atomic E-state index is 12.7. The van der Waals surface area contributed by atoms with Gasteiger partial charge >= 0.3 is 0 Å². The van der Waals surface area contributed by atoms with Gasteiger partial charge in [0.2, 0.25) is 11.9 Å². The zero-order valence-electron chi connectivity index (χ0n) is 15.0. The summed E-state index contributed by atoms with van der Waals surface area (Å²) in [4.78, 5) is 34.5. The Morgan fingerprint density at radius 2 is 1.77 bits per heavy atom. The molecule has 1 aromatic carbocycles. The Labute approximate surface area is 152 Å². The smallest absolute Gasteiger partial charge is 0.253 e. The average Bonchev–Trinajstić information content (AvgIpc) is 2.60. The number of nitrogens with zero attached hydrogens (tertiary/aromatic N) is 3. The van der Waals surface area contributed by atoms with E-state index in [2.05, 4.69) is 15.3 Å². The van der Waals surface area contributed by atoms with Gasteiger partial charge in [-0.2, -0.15) is 0 Å². The van der Waals surface area contributed by atoms with E-state index in [-0.39, 0.29) is 17.7 Å². The van der Waals surface area contributed by atoms with Crippen molar-refractivity contribution in [3.8, 4) is 0 Å². The largest absolute Gasteiger partial charge is 0.369 e. The van der Waals surface area contributed by atoms with Crippen LogP contribution in [0.15, 0.2) is 30.3 Å². The van der Waals surface area contributed by atoms with Crippen LogP contribution in [0.1, 0.15) is 34.6 Å². The van der Waals surface area contributed by atoms with E-state index in [0.717, 1.165) is 17.1 Å². The molecule has 1 fully saturated rings. The number of rotatable bonds is 4. The second-order valence-electron chi connectivity index (χ2n) is 6.65. The summed E-state index contributed by atoms with van der Waals surface area (Å²) in [7, 11) is 0. The molecular formula is C19H23N5O2. The molecule has 1 aliphatic heterocycles. The first-order valence-corrected chi connectivity index (χ1v) is 8.70. The highest BCUT2D eigenvalue weighted by molar-refractivity contribution is 5.95. The molecule has 1 saturated heterocycles. The number of aryl methyl sites for hydroxylation is 2. The van der Waals surface area contributed by atoms with Crippen molar-refractivity contribution in [1.29, 1.82) is 0 Å². The van der Waals surface area contributed by atoms with Crippen LogP contribution < -0.4 is 11.1 Å². The molecule has 0 aliphatic carbocycles. The number of likely N-dealkylation sites (tertiary alicyclic amines) is 1. The lowest BCUT2D eigenvalue weighted by atomic mass is 9.96. The molecule has 7 heteroatoms. The number of carbonyl (C=O) groups is 2. The van der Waals surface area contributed by atoms with Gasteiger partial charge in [0.25, 0.3) is 5.91 Å². The summed E-state index contributed by atoms with van der Waals surface area (Å²) < 4.78 is 0. The standard InChI is InChI=1S/C19H23N5O2/c1-12-10-13(2)22-19(21-12)23-16-5-3-4-15(11-16)18(26)24-8-6-14(7-9-24)17(20)25/h3-5,10-11,14H,6-9H2,1-2H3,(H2,20,25)(H,21,22,23). The van der Waals surface area contributed by atoms with Gasteiger partial charge in [0, 0.05) is 41.6 Å². The lowest BCUT2D eigenvalue weighted by molar-refractivity contribution is -0.123. The van der Waals surface area contributed by atoms with Gasteiger partial charge in [0.05, 0.1) is 0 Å². The SMILES string of the molecule is Cc1cc(C)nc(Nc2cccc(C(=O)N3CCC(C(N)=O)CC3)c2)n1. The molecule has 2 aromatic rings. The fraction of sp³-hybridized carbons (Fsp3) is 0.368. The average molecular weight is 353 g/mol. The van der Waals surface area contributed by atoms with Gasteiger partial charge < -0.3 is 16.0 Å². The number of aromatic nitrogens is 2. The van der Waals surface area contributed by atoms with Crippen LogP contribution in [-0.2, 0) is 4.79 Å². The molecular weight excluding hydrogens is 330 g/mol. The number of hydrogen-bond acceptors (Lipinski definition) is 5. The molecule has 3 rings (SSSR count). The summed E-state index contributed by atoms with van der Waals surface area (Å²) >= 11 is 0. The highest BCUT2D eigenvalue weighted by atomic mass is 16.2. The highest BCUT2D eigenvalue weighted by Gasteiger charge is 2.26. The Balaban J connectivity index is 1.71. The number of carbonyl (C=O) groups excluding carboxylic acids is 2. The number of hydrogen-bond donors (Lipinski definition) is 2. The molecule has 0 atom stereocenters.